The Labute approximate surface area is 203 Å². The predicted octanol–water partition coefficient (Wildman–Crippen LogP) is 6.38. The first kappa shape index (κ1) is 26.9. The summed E-state index contributed by atoms with van der Waals surface area (Å²) in [5, 5.41) is 0.222. The molecule has 1 saturated carbocycles. The molecule has 0 amide bonds. The minimum Gasteiger partial charge on any atom is -0.463 e. The van der Waals surface area contributed by atoms with Crippen LogP contribution in [0.1, 0.15) is 61.3 Å². The largest absolute Gasteiger partial charge is 0.463 e. The Morgan fingerprint density at radius 3 is 2.21 bits per heavy atom. The third kappa shape index (κ3) is 4.85. The van der Waals surface area contributed by atoms with Gasteiger partial charge in [-0.05, 0) is 61.6 Å². The van der Waals surface area contributed by atoms with Gasteiger partial charge in [0, 0.05) is 5.92 Å². The number of hydrogen-bond donors (Lipinski definition) is 0. The van der Waals surface area contributed by atoms with Crippen molar-refractivity contribution in [3.8, 4) is 0 Å². The number of rotatable bonds is 7. The first-order chi connectivity index (χ1) is 15.0. The molecule has 1 fully saturated rings. The standard InChI is InChI=1S/C26H46O5Si2/c1-12-28-23(27)22-19-15-16-26(30-19,17-29-32(8,9)24(2,3)4)18-13-14-20(21(18)22)31-33(10,11)25(5,6)7/h15-16,18-20H,12-14,17H2,1-11H3/t18-,19+,20+,26+/m0/s1. The molecule has 4 atom stereocenters. The van der Waals surface area contributed by atoms with Crippen LogP contribution in [0.4, 0.5) is 0 Å². The molecule has 3 aliphatic rings. The van der Waals surface area contributed by atoms with Crippen LogP contribution in [0.25, 0.3) is 0 Å². The molecule has 0 aromatic heterocycles. The smallest absolute Gasteiger partial charge is 0.337 e. The summed E-state index contributed by atoms with van der Waals surface area (Å²) in [6, 6.07) is 0. The number of esters is 1. The molecule has 2 heterocycles. The van der Waals surface area contributed by atoms with Crippen LogP contribution in [-0.4, -0.2) is 53.6 Å². The average molecular weight is 495 g/mol. The normalized spacial score (nSPS) is 30.1. The van der Waals surface area contributed by atoms with Gasteiger partial charge in [0.25, 0.3) is 0 Å². The molecule has 0 unspecified atom stereocenters. The molecule has 3 rings (SSSR count). The molecular weight excluding hydrogens is 448 g/mol. The molecule has 1 aliphatic carbocycles. The van der Waals surface area contributed by atoms with E-state index in [0.29, 0.717) is 18.8 Å². The minimum absolute atomic E-state index is 0.0613. The van der Waals surface area contributed by atoms with Gasteiger partial charge in [0.15, 0.2) is 16.6 Å². The van der Waals surface area contributed by atoms with Crippen LogP contribution in [0.5, 0.6) is 0 Å². The third-order valence-electron chi connectivity index (χ3n) is 8.73. The summed E-state index contributed by atoms with van der Waals surface area (Å²) in [4.78, 5) is 13.1. The van der Waals surface area contributed by atoms with Gasteiger partial charge < -0.3 is 18.3 Å². The highest BCUT2D eigenvalue weighted by Crippen LogP contribution is 2.54. The van der Waals surface area contributed by atoms with E-state index < -0.39 is 22.2 Å². The van der Waals surface area contributed by atoms with E-state index in [1.165, 1.54) is 0 Å². The van der Waals surface area contributed by atoms with Gasteiger partial charge in [0.1, 0.15) is 11.7 Å². The van der Waals surface area contributed by atoms with Gasteiger partial charge in [-0.15, -0.1) is 0 Å². The fraction of sp³-hybridized carbons (Fsp3) is 0.808. The van der Waals surface area contributed by atoms with E-state index in [1.54, 1.807) is 0 Å². The van der Waals surface area contributed by atoms with Crippen molar-refractivity contribution in [3.63, 3.8) is 0 Å². The topological polar surface area (TPSA) is 54.0 Å². The van der Waals surface area contributed by atoms with Crippen LogP contribution in [0.15, 0.2) is 23.3 Å². The number of carbonyl (C=O) groups is 1. The molecule has 7 heteroatoms. The van der Waals surface area contributed by atoms with Crippen molar-refractivity contribution in [1.82, 2.24) is 0 Å². The highest BCUT2D eigenvalue weighted by molar-refractivity contribution is 6.74. The van der Waals surface area contributed by atoms with Crippen LogP contribution in [0.3, 0.4) is 0 Å². The number of fused-ring (bicyclic) bond motifs is 4. The van der Waals surface area contributed by atoms with Gasteiger partial charge >= 0.3 is 5.97 Å². The summed E-state index contributed by atoms with van der Waals surface area (Å²) in [6.45, 7) is 25.4. The van der Waals surface area contributed by atoms with Crippen LogP contribution >= 0.6 is 0 Å². The molecule has 188 valence electrons. The first-order valence-corrected chi connectivity index (χ1v) is 18.4. The van der Waals surface area contributed by atoms with Gasteiger partial charge in [0.05, 0.1) is 24.9 Å². The molecule has 0 radical (unpaired) electrons. The van der Waals surface area contributed by atoms with Gasteiger partial charge in [-0.25, -0.2) is 4.79 Å². The van der Waals surface area contributed by atoms with Gasteiger partial charge in [-0.1, -0.05) is 53.7 Å². The van der Waals surface area contributed by atoms with E-state index >= 15 is 0 Å². The second-order valence-electron chi connectivity index (χ2n) is 13.0. The highest BCUT2D eigenvalue weighted by atomic mass is 28.4. The maximum absolute atomic E-state index is 13.1. The second-order valence-corrected chi connectivity index (χ2v) is 22.6. The van der Waals surface area contributed by atoms with Crippen LogP contribution < -0.4 is 0 Å². The Hall–Kier alpha value is -0.736. The minimum atomic E-state index is -2.02. The van der Waals surface area contributed by atoms with E-state index in [4.69, 9.17) is 18.3 Å². The van der Waals surface area contributed by atoms with Crippen LogP contribution in [0, 0.1) is 5.92 Å². The maximum atomic E-state index is 13.1. The van der Waals surface area contributed by atoms with Crippen molar-refractivity contribution in [2.24, 2.45) is 5.92 Å². The van der Waals surface area contributed by atoms with Crippen molar-refractivity contribution >= 4 is 22.6 Å². The fourth-order valence-electron chi connectivity index (χ4n) is 4.60. The van der Waals surface area contributed by atoms with Gasteiger partial charge in [-0.2, -0.15) is 0 Å². The second kappa shape index (κ2) is 8.73. The third-order valence-corrected chi connectivity index (χ3v) is 17.7. The molecule has 2 bridgehead atoms. The van der Waals surface area contributed by atoms with E-state index in [2.05, 4.69) is 73.8 Å². The quantitative estimate of drug-likeness (QED) is 0.234. The Morgan fingerprint density at radius 1 is 1.06 bits per heavy atom. The van der Waals surface area contributed by atoms with Gasteiger partial charge in [0.2, 0.25) is 0 Å². The summed E-state index contributed by atoms with van der Waals surface area (Å²) in [5.74, 6) is -0.190. The lowest BCUT2D eigenvalue weighted by Crippen LogP contribution is -2.52. The Bertz CT molecular complexity index is 831. The van der Waals surface area contributed by atoms with Crippen molar-refractivity contribution < 1.29 is 23.1 Å². The Balaban J connectivity index is 1.99. The Morgan fingerprint density at radius 2 is 1.67 bits per heavy atom. The lowest BCUT2D eigenvalue weighted by molar-refractivity contribution is -0.143. The molecule has 0 saturated heterocycles. The SMILES string of the molecule is CCOC(=O)C1=C2[C@H](O[Si](C)(C)C(C)(C)C)CC[C@@H]2[C@]2(CO[Si](C)(C)C(C)(C)C)C=C[C@H]1O2. The number of ether oxygens (including phenoxy) is 2. The van der Waals surface area contributed by atoms with E-state index in [-0.39, 0.29) is 34.2 Å². The summed E-state index contributed by atoms with van der Waals surface area (Å²) >= 11 is 0. The average Bonchev–Trinajstić information content (AvgIpc) is 3.23. The molecule has 33 heavy (non-hydrogen) atoms. The van der Waals surface area contributed by atoms with Crippen LogP contribution in [-0.2, 0) is 23.1 Å². The van der Waals surface area contributed by atoms with E-state index in [9.17, 15) is 4.79 Å². The molecule has 0 spiro atoms. The lowest BCUT2D eigenvalue weighted by Gasteiger charge is -2.45. The summed E-state index contributed by atoms with van der Waals surface area (Å²) < 4.78 is 25.7. The Kier molecular flexibility index (Phi) is 7.11. The number of hydrogen-bond acceptors (Lipinski definition) is 5. The predicted molar refractivity (Wildman–Crippen MR) is 138 cm³/mol. The zero-order valence-corrected chi connectivity index (χ0v) is 24.8. The highest BCUT2D eigenvalue weighted by Gasteiger charge is 2.58. The summed E-state index contributed by atoms with van der Waals surface area (Å²) in [5.41, 5.74) is 1.25. The zero-order chi connectivity index (χ0) is 25.0. The number of carbonyl (C=O) groups excluding carboxylic acids is 1. The fourth-order valence-corrected chi connectivity index (χ4v) is 6.92. The molecule has 0 aromatic carbocycles. The molecule has 0 N–H and O–H groups in total. The zero-order valence-electron chi connectivity index (χ0n) is 22.8. The monoisotopic (exact) mass is 494 g/mol. The van der Waals surface area contributed by atoms with Crippen molar-refractivity contribution in [1.29, 1.82) is 0 Å². The van der Waals surface area contributed by atoms with E-state index in [0.717, 1.165) is 18.4 Å². The summed E-state index contributed by atoms with van der Waals surface area (Å²) in [7, 11) is -3.98. The molecule has 2 aliphatic heterocycles. The van der Waals surface area contributed by atoms with Crippen molar-refractivity contribution in [2.45, 2.75) is 115 Å². The van der Waals surface area contributed by atoms with Crippen LogP contribution in [0.2, 0.25) is 36.3 Å². The molecule has 5 nitrogen and oxygen atoms in total. The van der Waals surface area contributed by atoms with Crippen molar-refractivity contribution in [3.05, 3.63) is 23.3 Å². The lowest BCUT2D eigenvalue weighted by atomic mass is 9.80. The molecular formula is C26H46O5Si2. The van der Waals surface area contributed by atoms with Crippen molar-refractivity contribution in [2.75, 3.05) is 13.2 Å². The van der Waals surface area contributed by atoms with E-state index in [1.807, 2.05) is 13.0 Å². The summed E-state index contributed by atoms with van der Waals surface area (Å²) in [6.07, 6.45) is 5.58. The first-order valence-electron chi connectivity index (χ1n) is 12.6. The maximum Gasteiger partial charge on any atom is 0.337 e. The van der Waals surface area contributed by atoms with Gasteiger partial charge in [-0.3, -0.25) is 0 Å². The molecule has 0 aromatic rings.